The Morgan fingerprint density at radius 2 is 1.62 bits per heavy atom. The van der Waals surface area contributed by atoms with Crippen molar-refractivity contribution in [3.8, 4) is 0 Å². The number of benzene rings is 1. The van der Waals surface area contributed by atoms with Crippen LogP contribution in [0.25, 0.3) is 6.08 Å². The van der Waals surface area contributed by atoms with E-state index in [0.717, 1.165) is 30.5 Å². The summed E-state index contributed by atoms with van der Waals surface area (Å²) < 4.78 is 76.6. The zero-order valence-electron chi connectivity index (χ0n) is 15.6. The lowest BCUT2D eigenvalue weighted by molar-refractivity contribution is 0.00578. The summed E-state index contributed by atoms with van der Waals surface area (Å²) in [6.45, 7) is 7.65. The van der Waals surface area contributed by atoms with Crippen molar-refractivity contribution in [3.63, 3.8) is 0 Å². The van der Waals surface area contributed by atoms with Crippen molar-refractivity contribution in [2.75, 3.05) is 6.26 Å². The van der Waals surface area contributed by atoms with E-state index in [-0.39, 0.29) is 10.5 Å². The Kier molecular flexibility index (Phi) is 5.16. The molecule has 1 aliphatic heterocycles. The molecule has 0 spiro atoms. The Morgan fingerprint density at radius 1 is 1.12 bits per heavy atom. The number of rotatable bonds is 4. The Balaban J connectivity index is 2.47. The van der Waals surface area contributed by atoms with Crippen molar-refractivity contribution in [1.82, 2.24) is 0 Å². The third kappa shape index (κ3) is 4.32. The molecule has 0 atom stereocenters. The quantitative estimate of drug-likeness (QED) is 0.726. The fourth-order valence-corrected chi connectivity index (χ4v) is 3.05. The van der Waals surface area contributed by atoms with E-state index >= 15 is 0 Å². The number of hydrogen-bond acceptors (Lipinski definition) is 4. The van der Waals surface area contributed by atoms with Crippen LogP contribution in [0.3, 0.4) is 0 Å². The lowest BCUT2D eigenvalue weighted by atomic mass is 9.86. The zero-order valence-corrected chi connectivity index (χ0v) is 16.4. The van der Waals surface area contributed by atoms with Crippen molar-refractivity contribution in [1.29, 1.82) is 0 Å². The summed E-state index contributed by atoms with van der Waals surface area (Å²) >= 11 is 0. The molecular weight excluding hydrogens is 368 g/mol. The first-order valence-electron chi connectivity index (χ1n) is 7.99. The summed E-state index contributed by atoms with van der Waals surface area (Å²) in [5.41, 5.74) is -2.90. The number of hydrogen-bond donors (Lipinski definition) is 0. The Hall–Kier alpha value is -1.32. The molecule has 1 aromatic carbocycles. The molecule has 0 radical (unpaired) electrons. The highest BCUT2D eigenvalue weighted by Gasteiger charge is 2.53. The van der Waals surface area contributed by atoms with Gasteiger partial charge < -0.3 is 9.31 Å². The van der Waals surface area contributed by atoms with Crippen molar-refractivity contribution in [2.24, 2.45) is 0 Å². The van der Waals surface area contributed by atoms with Gasteiger partial charge in [0, 0.05) is 18.7 Å². The van der Waals surface area contributed by atoms with Crippen LogP contribution >= 0.6 is 0 Å². The van der Waals surface area contributed by atoms with E-state index in [1.807, 2.05) is 0 Å². The molecule has 144 valence electrons. The van der Waals surface area contributed by atoms with Crippen molar-refractivity contribution in [3.05, 3.63) is 35.1 Å². The lowest BCUT2D eigenvalue weighted by Gasteiger charge is -2.32. The second-order valence-electron chi connectivity index (χ2n) is 7.57. The normalized spacial score (nSPS) is 20.5. The molecule has 0 unspecified atom stereocenters. The minimum absolute atomic E-state index is 0.0170. The van der Waals surface area contributed by atoms with Crippen LogP contribution in [-0.2, 0) is 25.1 Å². The molecule has 0 N–H and O–H groups in total. The van der Waals surface area contributed by atoms with Crippen LogP contribution in [0.1, 0.15) is 45.7 Å². The fourth-order valence-electron chi connectivity index (χ4n) is 2.36. The molecule has 1 saturated heterocycles. The summed E-state index contributed by atoms with van der Waals surface area (Å²) in [5.74, 6) is -3.27. The second-order valence-corrected chi connectivity index (χ2v) is 9.58. The molecule has 0 saturated carbocycles. The minimum Gasteiger partial charge on any atom is -0.398 e. The molecule has 4 nitrogen and oxygen atoms in total. The van der Waals surface area contributed by atoms with Gasteiger partial charge in [-0.15, -0.1) is 0 Å². The summed E-state index contributed by atoms with van der Waals surface area (Å²) in [7, 11) is -5.05. The van der Waals surface area contributed by atoms with Crippen molar-refractivity contribution >= 4 is 23.0 Å². The van der Waals surface area contributed by atoms with Gasteiger partial charge in [-0.25, -0.2) is 21.6 Å². The largest absolute Gasteiger partial charge is 0.525 e. The molecule has 1 aromatic rings. The maximum atomic E-state index is 14.6. The Bertz CT molecular complexity index is 826. The van der Waals surface area contributed by atoms with Gasteiger partial charge >= 0.3 is 7.12 Å². The first-order chi connectivity index (χ1) is 11.5. The van der Waals surface area contributed by atoms with Crippen LogP contribution in [0.2, 0.25) is 0 Å². The van der Waals surface area contributed by atoms with E-state index in [4.69, 9.17) is 9.31 Å². The van der Waals surface area contributed by atoms with E-state index < -0.39 is 45.4 Å². The number of sulfone groups is 1. The van der Waals surface area contributed by atoms with Crippen LogP contribution in [0, 0.1) is 0 Å². The molecule has 9 heteroatoms. The van der Waals surface area contributed by atoms with Gasteiger partial charge in [0.15, 0.2) is 9.84 Å². The topological polar surface area (TPSA) is 52.6 Å². The summed E-state index contributed by atoms with van der Waals surface area (Å²) in [4.78, 5) is -0.315. The van der Waals surface area contributed by atoms with Crippen LogP contribution in [0.5, 0.6) is 0 Å². The van der Waals surface area contributed by atoms with Gasteiger partial charge in [0.1, 0.15) is 5.73 Å². The van der Waals surface area contributed by atoms with Gasteiger partial charge in [-0.05, 0) is 57.5 Å². The highest BCUT2D eigenvalue weighted by atomic mass is 32.2. The van der Waals surface area contributed by atoms with Gasteiger partial charge in [0.2, 0.25) is 0 Å². The fraction of sp³-hybridized carbons (Fsp3) is 0.529. The molecule has 0 bridgehead atoms. The highest BCUT2D eigenvalue weighted by Crippen LogP contribution is 2.39. The molecule has 0 aromatic heterocycles. The molecule has 0 aliphatic carbocycles. The average Bonchev–Trinajstić information content (AvgIpc) is 2.65. The van der Waals surface area contributed by atoms with E-state index in [0.29, 0.717) is 6.92 Å². The maximum absolute atomic E-state index is 14.6. The van der Waals surface area contributed by atoms with Crippen LogP contribution < -0.4 is 0 Å². The standard InChI is InChI=1S/C17H22BF3O4S/c1-15(2)16(3,4)25-18(24-15)14(19)9-11-7-12(17(5,20)21)10-13(8-11)26(6,22)23/h7-10H,1-6H3. The summed E-state index contributed by atoms with van der Waals surface area (Å²) in [6.07, 6.45) is 1.85. The summed E-state index contributed by atoms with van der Waals surface area (Å²) in [6, 6.07) is 3.06. The first kappa shape index (κ1) is 21.0. The third-order valence-electron chi connectivity index (χ3n) is 4.65. The van der Waals surface area contributed by atoms with Gasteiger partial charge in [-0.3, -0.25) is 0 Å². The zero-order chi connectivity index (χ0) is 20.1. The monoisotopic (exact) mass is 390 g/mol. The van der Waals surface area contributed by atoms with Gasteiger partial charge in [0.05, 0.1) is 16.1 Å². The smallest absolute Gasteiger partial charge is 0.398 e. The van der Waals surface area contributed by atoms with E-state index in [2.05, 4.69) is 0 Å². The van der Waals surface area contributed by atoms with E-state index in [1.165, 1.54) is 0 Å². The predicted molar refractivity (Wildman–Crippen MR) is 94.3 cm³/mol. The molecule has 1 heterocycles. The average molecular weight is 390 g/mol. The minimum atomic E-state index is -3.75. The SMILES string of the molecule is CC(F)(F)c1cc(C=C(F)B2OC(C)(C)C(C)(C)O2)cc(S(C)(=O)=O)c1. The molecular formula is C17H22BF3O4S. The van der Waals surface area contributed by atoms with E-state index in [1.54, 1.807) is 27.7 Å². The Morgan fingerprint density at radius 3 is 2.04 bits per heavy atom. The second kappa shape index (κ2) is 6.39. The predicted octanol–water partition coefficient (Wildman–Crippen LogP) is 4.14. The number of alkyl halides is 2. The number of halogens is 3. The van der Waals surface area contributed by atoms with Crippen molar-refractivity contribution in [2.45, 2.75) is 56.6 Å². The van der Waals surface area contributed by atoms with Crippen LogP contribution in [-0.4, -0.2) is 33.0 Å². The highest BCUT2D eigenvalue weighted by molar-refractivity contribution is 7.90. The molecule has 2 rings (SSSR count). The maximum Gasteiger partial charge on any atom is 0.525 e. The van der Waals surface area contributed by atoms with Crippen LogP contribution in [0.15, 0.2) is 28.8 Å². The van der Waals surface area contributed by atoms with Gasteiger partial charge in [0.25, 0.3) is 5.92 Å². The van der Waals surface area contributed by atoms with Crippen LogP contribution in [0.4, 0.5) is 13.2 Å². The van der Waals surface area contributed by atoms with Gasteiger partial charge in [-0.1, -0.05) is 0 Å². The lowest BCUT2D eigenvalue weighted by Crippen LogP contribution is -2.41. The Labute approximate surface area is 152 Å². The molecule has 1 aliphatic rings. The summed E-state index contributed by atoms with van der Waals surface area (Å²) in [5, 5.41) is 0. The molecule has 1 fully saturated rings. The molecule has 0 amide bonds. The third-order valence-corrected chi connectivity index (χ3v) is 5.74. The first-order valence-corrected chi connectivity index (χ1v) is 9.88. The van der Waals surface area contributed by atoms with E-state index in [9.17, 15) is 21.6 Å². The molecule has 26 heavy (non-hydrogen) atoms. The van der Waals surface area contributed by atoms with Gasteiger partial charge in [-0.2, -0.15) is 0 Å². The van der Waals surface area contributed by atoms with Crippen molar-refractivity contribution < 1.29 is 30.9 Å².